The number of nitrogens with zero attached hydrogens (tertiary/aromatic N) is 1. The molecule has 0 saturated heterocycles. The highest BCUT2D eigenvalue weighted by Crippen LogP contribution is 2.32. The van der Waals surface area contributed by atoms with E-state index in [1.54, 1.807) is 6.20 Å². The van der Waals surface area contributed by atoms with Gasteiger partial charge in [-0.1, -0.05) is 24.4 Å². The highest BCUT2D eigenvalue weighted by molar-refractivity contribution is 7.80. The van der Waals surface area contributed by atoms with Crippen molar-refractivity contribution in [2.45, 2.75) is 13.8 Å². The Hall–Kier alpha value is -2.14. The molecule has 0 amide bonds. The van der Waals surface area contributed by atoms with E-state index in [1.807, 2.05) is 44.2 Å². The second-order valence-corrected chi connectivity index (χ2v) is 4.59. The predicted molar refractivity (Wildman–Crippen MR) is 82.5 cm³/mol. The van der Waals surface area contributed by atoms with Crippen molar-refractivity contribution in [3.63, 3.8) is 0 Å². The molecule has 2 rings (SSSR count). The Labute approximate surface area is 123 Å². The molecule has 2 aromatic rings. The number of aryl methyl sites for hydroxylation is 1. The summed E-state index contributed by atoms with van der Waals surface area (Å²) in [7, 11) is 0. The van der Waals surface area contributed by atoms with Gasteiger partial charge in [0, 0.05) is 6.20 Å². The van der Waals surface area contributed by atoms with Crippen LogP contribution in [-0.4, -0.2) is 16.6 Å². The van der Waals surface area contributed by atoms with E-state index in [0.29, 0.717) is 29.5 Å². The molecule has 1 heterocycles. The first-order valence-corrected chi connectivity index (χ1v) is 6.69. The molecule has 0 unspecified atom stereocenters. The number of aromatic nitrogens is 1. The van der Waals surface area contributed by atoms with Crippen LogP contribution in [0.25, 0.3) is 0 Å². The maximum Gasteiger partial charge on any atom is 0.229 e. The summed E-state index contributed by atoms with van der Waals surface area (Å²) in [6.07, 6.45) is 1.66. The number of ether oxygens (including phenoxy) is 2. The Bertz CT molecular complexity index is 629. The van der Waals surface area contributed by atoms with Gasteiger partial charge in [0.1, 0.15) is 4.99 Å². The molecular formula is C15H16N2O2S. The molecule has 2 N–H and O–H groups in total. The van der Waals surface area contributed by atoms with E-state index < -0.39 is 0 Å². The standard InChI is InChI=1S/C15H16N2O2S/c1-3-18-11-6-4-5-7-12(11)19-15-13(14(16)20)10(2)8-9-17-15/h4-9H,3H2,1-2H3,(H2,16,20). The quantitative estimate of drug-likeness (QED) is 0.856. The van der Waals surface area contributed by atoms with Gasteiger partial charge in [0.15, 0.2) is 11.5 Å². The van der Waals surface area contributed by atoms with Gasteiger partial charge in [-0.15, -0.1) is 0 Å². The van der Waals surface area contributed by atoms with Crippen molar-refractivity contribution in [1.82, 2.24) is 4.98 Å². The van der Waals surface area contributed by atoms with Crippen LogP contribution in [0.2, 0.25) is 0 Å². The van der Waals surface area contributed by atoms with Crippen molar-refractivity contribution in [2.75, 3.05) is 6.61 Å². The molecule has 0 spiro atoms. The van der Waals surface area contributed by atoms with Crippen molar-refractivity contribution in [3.05, 3.63) is 47.7 Å². The molecule has 1 aromatic heterocycles. The fourth-order valence-corrected chi connectivity index (χ4v) is 2.07. The lowest BCUT2D eigenvalue weighted by Gasteiger charge is -2.13. The molecule has 5 heteroatoms. The fourth-order valence-electron chi connectivity index (χ4n) is 1.82. The molecule has 0 aliphatic carbocycles. The highest BCUT2D eigenvalue weighted by atomic mass is 32.1. The minimum atomic E-state index is 0.263. The molecule has 4 nitrogen and oxygen atoms in total. The summed E-state index contributed by atoms with van der Waals surface area (Å²) >= 11 is 5.06. The second kappa shape index (κ2) is 6.34. The number of rotatable bonds is 5. The van der Waals surface area contributed by atoms with E-state index in [-0.39, 0.29) is 4.99 Å². The summed E-state index contributed by atoms with van der Waals surface area (Å²) in [4.78, 5) is 4.48. The third-order valence-electron chi connectivity index (χ3n) is 2.73. The van der Waals surface area contributed by atoms with Gasteiger partial charge in [-0.25, -0.2) is 4.98 Å². The zero-order chi connectivity index (χ0) is 14.5. The van der Waals surface area contributed by atoms with Crippen LogP contribution in [0.5, 0.6) is 17.4 Å². The Morgan fingerprint density at radius 3 is 2.60 bits per heavy atom. The predicted octanol–water partition coefficient (Wildman–Crippen LogP) is 3.22. The van der Waals surface area contributed by atoms with Crippen molar-refractivity contribution in [3.8, 4) is 17.4 Å². The molecule has 104 valence electrons. The van der Waals surface area contributed by atoms with E-state index >= 15 is 0 Å². The summed E-state index contributed by atoms with van der Waals surface area (Å²) in [5.74, 6) is 1.64. The van der Waals surface area contributed by atoms with E-state index in [4.69, 9.17) is 27.4 Å². The summed E-state index contributed by atoms with van der Waals surface area (Å²) in [6, 6.07) is 9.26. The zero-order valence-corrected chi connectivity index (χ0v) is 12.2. The van der Waals surface area contributed by atoms with E-state index in [9.17, 15) is 0 Å². The minimum Gasteiger partial charge on any atom is -0.490 e. The number of thiocarbonyl (C=S) groups is 1. The third-order valence-corrected chi connectivity index (χ3v) is 2.93. The average molecular weight is 288 g/mol. The number of benzene rings is 1. The Kier molecular flexibility index (Phi) is 4.53. The first-order valence-electron chi connectivity index (χ1n) is 6.28. The van der Waals surface area contributed by atoms with Crippen LogP contribution in [0, 0.1) is 6.92 Å². The number of hydrogen-bond acceptors (Lipinski definition) is 4. The van der Waals surface area contributed by atoms with Crippen LogP contribution >= 0.6 is 12.2 Å². The average Bonchev–Trinajstić information content (AvgIpc) is 2.41. The second-order valence-electron chi connectivity index (χ2n) is 4.15. The Balaban J connectivity index is 2.40. The van der Waals surface area contributed by atoms with Gasteiger partial charge in [0.25, 0.3) is 0 Å². The summed E-state index contributed by atoms with van der Waals surface area (Å²) in [6.45, 7) is 4.39. The van der Waals surface area contributed by atoms with Crippen LogP contribution in [-0.2, 0) is 0 Å². The largest absolute Gasteiger partial charge is 0.490 e. The van der Waals surface area contributed by atoms with Crippen LogP contribution in [0.1, 0.15) is 18.1 Å². The van der Waals surface area contributed by atoms with Crippen LogP contribution in [0.4, 0.5) is 0 Å². The van der Waals surface area contributed by atoms with Crippen molar-refractivity contribution in [2.24, 2.45) is 5.73 Å². The highest BCUT2D eigenvalue weighted by Gasteiger charge is 2.14. The Morgan fingerprint density at radius 1 is 1.25 bits per heavy atom. The SMILES string of the molecule is CCOc1ccccc1Oc1nccc(C)c1C(N)=S. The molecule has 0 aliphatic rings. The van der Waals surface area contributed by atoms with Gasteiger partial charge in [-0.05, 0) is 37.6 Å². The molecular weight excluding hydrogens is 272 g/mol. The smallest absolute Gasteiger partial charge is 0.229 e. The van der Waals surface area contributed by atoms with Crippen LogP contribution < -0.4 is 15.2 Å². The lowest BCUT2D eigenvalue weighted by atomic mass is 10.1. The van der Waals surface area contributed by atoms with E-state index in [0.717, 1.165) is 5.56 Å². The minimum absolute atomic E-state index is 0.263. The molecule has 0 saturated carbocycles. The first-order chi connectivity index (χ1) is 9.63. The molecule has 0 bridgehead atoms. The summed E-state index contributed by atoms with van der Waals surface area (Å²) in [5, 5.41) is 0. The normalized spacial score (nSPS) is 10.1. The Morgan fingerprint density at radius 2 is 1.95 bits per heavy atom. The molecule has 0 aliphatic heterocycles. The molecule has 20 heavy (non-hydrogen) atoms. The first kappa shape index (κ1) is 14.3. The third kappa shape index (κ3) is 3.05. The van der Waals surface area contributed by atoms with Crippen molar-refractivity contribution < 1.29 is 9.47 Å². The monoisotopic (exact) mass is 288 g/mol. The number of para-hydroxylation sites is 2. The van der Waals surface area contributed by atoms with Gasteiger partial charge in [-0.2, -0.15) is 0 Å². The van der Waals surface area contributed by atoms with Crippen LogP contribution in [0.15, 0.2) is 36.5 Å². The number of nitrogens with two attached hydrogens (primary N) is 1. The van der Waals surface area contributed by atoms with Gasteiger partial charge in [0.2, 0.25) is 5.88 Å². The maximum absolute atomic E-state index is 5.83. The van der Waals surface area contributed by atoms with Gasteiger partial charge in [0.05, 0.1) is 12.2 Å². The fraction of sp³-hybridized carbons (Fsp3) is 0.200. The molecule has 0 atom stereocenters. The zero-order valence-electron chi connectivity index (χ0n) is 11.4. The molecule has 1 aromatic carbocycles. The lowest BCUT2D eigenvalue weighted by Crippen LogP contribution is -2.13. The lowest BCUT2D eigenvalue weighted by molar-refractivity contribution is 0.319. The van der Waals surface area contributed by atoms with Gasteiger partial charge < -0.3 is 15.2 Å². The van der Waals surface area contributed by atoms with Gasteiger partial charge in [-0.3, -0.25) is 0 Å². The van der Waals surface area contributed by atoms with Gasteiger partial charge >= 0.3 is 0 Å². The molecule has 0 fully saturated rings. The van der Waals surface area contributed by atoms with Crippen molar-refractivity contribution >= 4 is 17.2 Å². The topological polar surface area (TPSA) is 57.4 Å². The van der Waals surface area contributed by atoms with Crippen LogP contribution in [0.3, 0.4) is 0 Å². The molecule has 0 radical (unpaired) electrons. The number of hydrogen-bond donors (Lipinski definition) is 1. The maximum atomic E-state index is 5.83. The van der Waals surface area contributed by atoms with E-state index in [2.05, 4.69) is 4.98 Å². The number of pyridine rings is 1. The van der Waals surface area contributed by atoms with E-state index in [1.165, 1.54) is 0 Å². The van der Waals surface area contributed by atoms with Crippen molar-refractivity contribution in [1.29, 1.82) is 0 Å². The summed E-state index contributed by atoms with van der Waals surface area (Å²) in [5.41, 5.74) is 7.32. The summed E-state index contributed by atoms with van der Waals surface area (Å²) < 4.78 is 11.4.